The van der Waals surface area contributed by atoms with Crippen LogP contribution in [0.25, 0.3) is 0 Å². The predicted octanol–water partition coefficient (Wildman–Crippen LogP) is 1.94. The van der Waals surface area contributed by atoms with Gasteiger partial charge in [0.2, 0.25) is 0 Å². The Morgan fingerprint density at radius 3 is 2.55 bits per heavy atom. The second-order valence-electron chi connectivity index (χ2n) is 3.81. The van der Waals surface area contributed by atoms with Crippen molar-refractivity contribution in [3.63, 3.8) is 0 Å². The van der Waals surface area contributed by atoms with E-state index in [1.165, 1.54) is 6.42 Å². The van der Waals surface area contributed by atoms with Crippen molar-refractivity contribution < 1.29 is 9.47 Å². The molecule has 1 unspecified atom stereocenters. The maximum absolute atomic E-state index is 5.67. The molecule has 0 aromatic heterocycles. The van der Waals surface area contributed by atoms with Gasteiger partial charge in [-0.3, -0.25) is 0 Å². The monoisotopic (exact) mass is 156 g/mol. The van der Waals surface area contributed by atoms with E-state index >= 15 is 0 Å². The Morgan fingerprint density at radius 1 is 1.27 bits per heavy atom. The topological polar surface area (TPSA) is 18.5 Å². The van der Waals surface area contributed by atoms with E-state index in [4.69, 9.17) is 9.47 Å². The maximum Gasteiger partial charge on any atom is 0.168 e. The fraction of sp³-hybridized carbons (Fsp3) is 1.00. The molecule has 1 saturated carbocycles. The maximum atomic E-state index is 5.67. The second-order valence-corrected chi connectivity index (χ2v) is 3.81. The lowest BCUT2D eigenvalue weighted by Gasteiger charge is -2.33. The first-order valence-electron chi connectivity index (χ1n) is 4.59. The molecule has 64 valence electrons. The summed E-state index contributed by atoms with van der Waals surface area (Å²) < 4.78 is 11.3. The van der Waals surface area contributed by atoms with E-state index < -0.39 is 0 Å². The smallest absolute Gasteiger partial charge is 0.168 e. The zero-order valence-electron chi connectivity index (χ0n) is 7.14. The van der Waals surface area contributed by atoms with Crippen LogP contribution in [0.5, 0.6) is 0 Å². The molecule has 2 rings (SSSR count). The van der Waals surface area contributed by atoms with Gasteiger partial charge in [0.25, 0.3) is 0 Å². The van der Waals surface area contributed by atoms with Gasteiger partial charge in [0, 0.05) is 12.8 Å². The molecule has 0 aromatic carbocycles. The van der Waals surface area contributed by atoms with Crippen molar-refractivity contribution in [3.05, 3.63) is 0 Å². The van der Waals surface area contributed by atoms with E-state index in [0.29, 0.717) is 0 Å². The first-order valence-corrected chi connectivity index (χ1v) is 4.59. The highest BCUT2D eigenvalue weighted by molar-refractivity contribution is 4.83. The van der Waals surface area contributed by atoms with Crippen LogP contribution in [0.1, 0.15) is 32.6 Å². The molecular formula is C9H16O2. The molecule has 1 saturated heterocycles. The first kappa shape index (κ1) is 7.56. The number of hydrogen-bond donors (Lipinski definition) is 0. The summed E-state index contributed by atoms with van der Waals surface area (Å²) in [7, 11) is 0. The van der Waals surface area contributed by atoms with Crippen molar-refractivity contribution in [2.45, 2.75) is 38.4 Å². The van der Waals surface area contributed by atoms with Crippen molar-refractivity contribution >= 4 is 0 Å². The van der Waals surface area contributed by atoms with Crippen molar-refractivity contribution in [2.24, 2.45) is 5.92 Å². The van der Waals surface area contributed by atoms with E-state index in [1.54, 1.807) is 0 Å². The molecular weight excluding hydrogens is 140 g/mol. The molecule has 0 radical (unpaired) electrons. The van der Waals surface area contributed by atoms with Gasteiger partial charge < -0.3 is 9.47 Å². The van der Waals surface area contributed by atoms with E-state index in [-0.39, 0.29) is 5.79 Å². The van der Waals surface area contributed by atoms with Crippen LogP contribution < -0.4 is 0 Å². The van der Waals surface area contributed by atoms with Crippen LogP contribution in [0, 0.1) is 5.92 Å². The van der Waals surface area contributed by atoms with Crippen LogP contribution in [-0.4, -0.2) is 19.0 Å². The standard InChI is InChI=1S/C9H16O2/c1-8-3-4-9(7-8)10-5-2-6-11-9/h8H,2-7H2,1H3. The van der Waals surface area contributed by atoms with E-state index in [9.17, 15) is 0 Å². The molecule has 2 fully saturated rings. The average Bonchev–Trinajstić information content (AvgIpc) is 2.34. The molecule has 2 nitrogen and oxygen atoms in total. The molecule has 1 aliphatic heterocycles. The van der Waals surface area contributed by atoms with Crippen molar-refractivity contribution in [1.29, 1.82) is 0 Å². The van der Waals surface area contributed by atoms with Crippen molar-refractivity contribution in [2.75, 3.05) is 13.2 Å². The van der Waals surface area contributed by atoms with Crippen LogP contribution in [0.15, 0.2) is 0 Å². The number of ether oxygens (including phenoxy) is 2. The third-order valence-corrected chi connectivity index (χ3v) is 2.70. The van der Waals surface area contributed by atoms with E-state index in [2.05, 4.69) is 6.92 Å². The van der Waals surface area contributed by atoms with Gasteiger partial charge in [-0.2, -0.15) is 0 Å². The van der Waals surface area contributed by atoms with Gasteiger partial charge in [0.15, 0.2) is 5.79 Å². The molecule has 0 bridgehead atoms. The Hall–Kier alpha value is -0.0800. The summed E-state index contributed by atoms with van der Waals surface area (Å²) >= 11 is 0. The lowest BCUT2D eigenvalue weighted by atomic mass is 10.1. The summed E-state index contributed by atoms with van der Waals surface area (Å²) in [5.74, 6) is 0.630. The highest BCUT2D eigenvalue weighted by Crippen LogP contribution is 2.39. The minimum absolute atomic E-state index is 0.155. The molecule has 0 N–H and O–H groups in total. The fourth-order valence-electron chi connectivity index (χ4n) is 2.08. The Balaban J connectivity index is 1.98. The molecule has 1 atom stereocenters. The minimum atomic E-state index is -0.155. The van der Waals surface area contributed by atoms with Gasteiger partial charge in [-0.05, 0) is 18.8 Å². The second kappa shape index (κ2) is 2.76. The molecule has 1 aliphatic carbocycles. The molecule has 2 aliphatic rings. The minimum Gasteiger partial charge on any atom is -0.350 e. The number of hydrogen-bond acceptors (Lipinski definition) is 2. The molecule has 1 heterocycles. The summed E-state index contributed by atoms with van der Waals surface area (Å²) in [4.78, 5) is 0. The van der Waals surface area contributed by atoms with Gasteiger partial charge in [-0.25, -0.2) is 0 Å². The van der Waals surface area contributed by atoms with Crippen molar-refractivity contribution in [3.8, 4) is 0 Å². The predicted molar refractivity (Wildman–Crippen MR) is 42.3 cm³/mol. The summed E-state index contributed by atoms with van der Waals surface area (Å²) in [5, 5.41) is 0. The Labute approximate surface area is 67.9 Å². The summed E-state index contributed by atoms with van der Waals surface area (Å²) in [5.41, 5.74) is 0. The number of rotatable bonds is 0. The van der Waals surface area contributed by atoms with Crippen LogP contribution in [0.3, 0.4) is 0 Å². The highest BCUT2D eigenvalue weighted by Gasteiger charge is 2.40. The van der Waals surface area contributed by atoms with E-state index in [0.717, 1.165) is 38.4 Å². The Morgan fingerprint density at radius 2 is 2.00 bits per heavy atom. The average molecular weight is 156 g/mol. The van der Waals surface area contributed by atoms with E-state index in [1.807, 2.05) is 0 Å². The van der Waals surface area contributed by atoms with Gasteiger partial charge in [0.1, 0.15) is 0 Å². The van der Waals surface area contributed by atoms with Gasteiger partial charge in [0.05, 0.1) is 13.2 Å². The molecule has 2 heteroatoms. The summed E-state index contributed by atoms with van der Waals surface area (Å²) in [6.07, 6.45) is 4.54. The van der Waals surface area contributed by atoms with Crippen molar-refractivity contribution in [1.82, 2.24) is 0 Å². The highest BCUT2D eigenvalue weighted by atomic mass is 16.7. The lowest BCUT2D eigenvalue weighted by molar-refractivity contribution is -0.263. The van der Waals surface area contributed by atoms with Crippen LogP contribution in [-0.2, 0) is 9.47 Å². The summed E-state index contributed by atoms with van der Waals surface area (Å²) in [6, 6.07) is 0. The Bertz CT molecular complexity index is 133. The summed E-state index contributed by atoms with van der Waals surface area (Å²) in [6.45, 7) is 4.06. The van der Waals surface area contributed by atoms with Crippen LogP contribution in [0.2, 0.25) is 0 Å². The first-order chi connectivity index (χ1) is 5.31. The quantitative estimate of drug-likeness (QED) is 0.533. The lowest BCUT2D eigenvalue weighted by Crippen LogP contribution is -2.37. The SMILES string of the molecule is CC1CCC2(C1)OCCCO2. The largest absolute Gasteiger partial charge is 0.350 e. The normalized spacial score (nSPS) is 36.3. The Kier molecular flexibility index (Phi) is 1.90. The third-order valence-electron chi connectivity index (χ3n) is 2.70. The molecule has 0 aromatic rings. The zero-order chi connectivity index (χ0) is 7.73. The molecule has 0 amide bonds. The third kappa shape index (κ3) is 1.42. The van der Waals surface area contributed by atoms with Gasteiger partial charge >= 0.3 is 0 Å². The fourth-order valence-corrected chi connectivity index (χ4v) is 2.08. The van der Waals surface area contributed by atoms with Gasteiger partial charge in [-0.15, -0.1) is 0 Å². The van der Waals surface area contributed by atoms with Gasteiger partial charge in [-0.1, -0.05) is 6.92 Å². The van der Waals surface area contributed by atoms with Crippen LogP contribution in [0.4, 0.5) is 0 Å². The molecule has 11 heavy (non-hydrogen) atoms. The molecule has 1 spiro atoms. The van der Waals surface area contributed by atoms with Crippen LogP contribution >= 0.6 is 0 Å². The zero-order valence-corrected chi connectivity index (χ0v) is 7.14.